The van der Waals surface area contributed by atoms with Crippen molar-refractivity contribution in [2.75, 3.05) is 26.4 Å². The van der Waals surface area contributed by atoms with Gasteiger partial charge in [0.1, 0.15) is 0 Å². The van der Waals surface area contributed by atoms with Crippen LogP contribution < -0.4 is 0 Å². The number of hydrogen-bond donors (Lipinski definition) is 0. The van der Waals surface area contributed by atoms with E-state index in [4.69, 9.17) is 9.47 Å². The maximum Gasteiger partial charge on any atom is 0.254 e. The highest BCUT2D eigenvalue weighted by Crippen LogP contribution is 2.31. The van der Waals surface area contributed by atoms with E-state index in [1.165, 1.54) is 24.8 Å². The van der Waals surface area contributed by atoms with Crippen molar-refractivity contribution >= 4 is 5.91 Å². The molecule has 1 heterocycles. The largest absolute Gasteiger partial charge is 0.376 e. The van der Waals surface area contributed by atoms with Gasteiger partial charge in [-0.2, -0.15) is 0 Å². The van der Waals surface area contributed by atoms with Crippen molar-refractivity contribution in [3.63, 3.8) is 0 Å². The molecule has 0 bridgehead atoms. The Labute approximate surface area is 132 Å². The summed E-state index contributed by atoms with van der Waals surface area (Å²) in [5.41, 5.74) is 1.17. The van der Waals surface area contributed by atoms with Gasteiger partial charge in [0.25, 0.3) is 5.91 Å². The van der Waals surface area contributed by atoms with Crippen LogP contribution in [0.2, 0.25) is 0 Å². The molecule has 0 radical (unpaired) electrons. The molecule has 1 saturated heterocycles. The highest BCUT2D eigenvalue weighted by molar-refractivity contribution is 5.81. The first kappa shape index (κ1) is 15.5. The maximum atomic E-state index is 12.9. The van der Waals surface area contributed by atoms with E-state index < -0.39 is 6.10 Å². The minimum absolute atomic E-state index is 0.0693. The number of rotatable bonds is 5. The Hall–Kier alpha value is -1.39. The van der Waals surface area contributed by atoms with Crippen molar-refractivity contribution in [3.8, 4) is 0 Å². The smallest absolute Gasteiger partial charge is 0.254 e. The second-order valence-corrected chi connectivity index (χ2v) is 6.31. The molecule has 0 unspecified atom stereocenters. The molecular weight excluding hydrogens is 278 g/mol. The fourth-order valence-corrected chi connectivity index (χ4v) is 3.12. The molecule has 120 valence electrons. The lowest BCUT2D eigenvalue weighted by atomic mass is 9.84. The SMILES string of the molecule is C[C@H](c1ccccc1)N(CC1CCC1)C(=O)[C@H]1COCCO1. The Kier molecular flexibility index (Phi) is 5.11. The third-order valence-electron chi connectivity index (χ3n) is 4.80. The van der Waals surface area contributed by atoms with Crippen LogP contribution in [0.25, 0.3) is 0 Å². The minimum atomic E-state index is -0.444. The zero-order valence-electron chi connectivity index (χ0n) is 13.2. The number of amides is 1. The van der Waals surface area contributed by atoms with Gasteiger partial charge in [-0.15, -0.1) is 0 Å². The summed E-state index contributed by atoms with van der Waals surface area (Å²) >= 11 is 0. The van der Waals surface area contributed by atoms with Crippen LogP contribution in [-0.2, 0) is 14.3 Å². The van der Waals surface area contributed by atoms with Crippen LogP contribution in [0, 0.1) is 5.92 Å². The van der Waals surface area contributed by atoms with E-state index in [-0.39, 0.29) is 11.9 Å². The number of hydrogen-bond acceptors (Lipinski definition) is 3. The topological polar surface area (TPSA) is 38.8 Å². The average Bonchev–Trinajstić information content (AvgIpc) is 2.54. The second kappa shape index (κ2) is 7.25. The van der Waals surface area contributed by atoms with Crippen molar-refractivity contribution in [2.45, 2.75) is 38.3 Å². The molecule has 2 fully saturated rings. The third-order valence-corrected chi connectivity index (χ3v) is 4.80. The van der Waals surface area contributed by atoms with Gasteiger partial charge in [0, 0.05) is 6.54 Å². The van der Waals surface area contributed by atoms with Gasteiger partial charge in [0.05, 0.1) is 25.9 Å². The van der Waals surface area contributed by atoms with Gasteiger partial charge < -0.3 is 14.4 Å². The number of ether oxygens (including phenoxy) is 2. The Balaban J connectivity index is 1.74. The molecular formula is C18H25NO3. The molecule has 4 heteroatoms. The molecule has 1 aromatic carbocycles. The Morgan fingerprint density at radius 3 is 2.64 bits per heavy atom. The monoisotopic (exact) mass is 303 g/mol. The lowest BCUT2D eigenvalue weighted by Gasteiger charge is -2.38. The summed E-state index contributed by atoms with van der Waals surface area (Å²) < 4.78 is 11.0. The van der Waals surface area contributed by atoms with E-state index in [9.17, 15) is 4.79 Å². The van der Waals surface area contributed by atoms with Gasteiger partial charge in [-0.1, -0.05) is 36.8 Å². The van der Waals surface area contributed by atoms with Gasteiger partial charge in [0.2, 0.25) is 0 Å². The molecule has 1 aromatic rings. The number of benzene rings is 1. The summed E-state index contributed by atoms with van der Waals surface area (Å²) in [7, 11) is 0. The number of nitrogens with zero attached hydrogens (tertiary/aromatic N) is 1. The Morgan fingerprint density at radius 2 is 2.05 bits per heavy atom. The van der Waals surface area contributed by atoms with Crippen molar-refractivity contribution in [1.29, 1.82) is 0 Å². The summed E-state index contributed by atoms with van der Waals surface area (Å²) in [6, 6.07) is 10.3. The summed E-state index contributed by atoms with van der Waals surface area (Å²) in [5.74, 6) is 0.711. The fraction of sp³-hybridized carbons (Fsp3) is 0.611. The summed E-state index contributed by atoms with van der Waals surface area (Å²) in [5, 5.41) is 0. The summed E-state index contributed by atoms with van der Waals surface area (Å²) in [6.45, 7) is 4.40. The van der Waals surface area contributed by atoms with Crippen molar-refractivity contribution in [2.24, 2.45) is 5.92 Å². The quantitative estimate of drug-likeness (QED) is 0.839. The second-order valence-electron chi connectivity index (χ2n) is 6.31. The van der Waals surface area contributed by atoms with Crippen LogP contribution >= 0.6 is 0 Å². The molecule has 4 nitrogen and oxygen atoms in total. The molecule has 22 heavy (non-hydrogen) atoms. The van der Waals surface area contributed by atoms with Crippen molar-refractivity contribution in [1.82, 2.24) is 4.90 Å². The maximum absolute atomic E-state index is 12.9. The van der Waals surface area contributed by atoms with Gasteiger partial charge in [-0.25, -0.2) is 0 Å². The van der Waals surface area contributed by atoms with E-state index in [1.807, 2.05) is 23.1 Å². The van der Waals surface area contributed by atoms with Crippen LogP contribution in [0.4, 0.5) is 0 Å². The van der Waals surface area contributed by atoms with E-state index in [0.29, 0.717) is 25.7 Å². The zero-order valence-corrected chi connectivity index (χ0v) is 13.2. The van der Waals surface area contributed by atoms with Gasteiger partial charge in [-0.3, -0.25) is 4.79 Å². The average molecular weight is 303 g/mol. The van der Waals surface area contributed by atoms with Crippen molar-refractivity contribution in [3.05, 3.63) is 35.9 Å². The van der Waals surface area contributed by atoms with Gasteiger partial charge >= 0.3 is 0 Å². The first-order valence-corrected chi connectivity index (χ1v) is 8.30. The zero-order chi connectivity index (χ0) is 15.4. The van der Waals surface area contributed by atoms with E-state index in [1.54, 1.807) is 0 Å². The van der Waals surface area contributed by atoms with E-state index in [2.05, 4.69) is 19.1 Å². The highest BCUT2D eigenvalue weighted by Gasteiger charge is 2.33. The molecule has 2 atom stereocenters. The van der Waals surface area contributed by atoms with Crippen molar-refractivity contribution < 1.29 is 14.3 Å². The first-order chi connectivity index (χ1) is 10.8. The summed E-state index contributed by atoms with van der Waals surface area (Å²) in [6.07, 6.45) is 3.30. The standard InChI is InChI=1S/C18H25NO3/c1-14(16-8-3-2-4-9-16)19(12-15-6-5-7-15)18(20)17-13-21-10-11-22-17/h2-4,8-9,14-15,17H,5-7,10-13H2,1H3/t14-,17-/m1/s1. The van der Waals surface area contributed by atoms with Gasteiger partial charge in [0.15, 0.2) is 6.10 Å². The van der Waals surface area contributed by atoms with Crippen LogP contribution in [0.3, 0.4) is 0 Å². The molecule has 1 aliphatic heterocycles. The number of carbonyl (C=O) groups excluding carboxylic acids is 1. The molecule has 1 saturated carbocycles. The third kappa shape index (κ3) is 3.50. The molecule has 1 amide bonds. The van der Waals surface area contributed by atoms with Crippen LogP contribution in [0.1, 0.15) is 37.8 Å². The molecule has 2 aliphatic rings. The highest BCUT2D eigenvalue weighted by atomic mass is 16.6. The summed E-state index contributed by atoms with van der Waals surface area (Å²) in [4.78, 5) is 14.9. The first-order valence-electron chi connectivity index (χ1n) is 8.30. The predicted octanol–water partition coefficient (Wildman–Crippen LogP) is 2.79. The predicted molar refractivity (Wildman–Crippen MR) is 84.5 cm³/mol. The molecule has 0 N–H and O–H groups in total. The van der Waals surface area contributed by atoms with E-state index in [0.717, 1.165) is 6.54 Å². The normalized spacial score (nSPS) is 23.6. The molecule has 3 rings (SSSR count). The van der Waals surface area contributed by atoms with Gasteiger partial charge in [-0.05, 0) is 31.2 Å². The van der Waals surface area contributed by atoms with Crippen LogP contribution in [0.15, 0.2) is 30.3 Å². The molecule has 0 spiro atoms. The Morgan fingerprint density at radius 1 is 1.27 bits per heavy atom. The lowest BCUT2D eigenvalue weighted by Crippen LogP contribution is -2.48. The van der Waals surface area contributed by atoms with Crippen LogP contribution in [-0.4, -0.2) is 43.3 Å². The van der Waals surface area contributed by atoms with Crippen LogP contribution in [0.5, 0.6) is 0 Å². The minimum Gasteiger partial charge on any atom is -0.376 e. The number of carbonyl (C=O) groups is 1. The van der Waals surface area contributed by atoms with E-state index >= 15 is 0 Å². The molecule has 1 aliphatic carbocycles. The lowest BCUT2D eigenvalue weighted by molar-refractivity contribution is -0.161. The fourth-order valence-electron chi connectivity index (χ4n) is 3.12. The molecule has 0 aromatic heterocycles. The Bertz CT molecular complexity index is 480.